The average Bonchev–Trinajstić information content (AvgIpc) is 2.59. The van der Waals surface area contributed by atoms with Crippen LogP contribution in [-0.2, 0) is 0 Å². The quantitative estimate of drug-likeness (QED) is 0.630. The zero-order valence-electron chi connectivity index (χ0n) is 9.19. The summed E-state index contributed by atoms with van der Waals surface area (Å²) in [5.74, 6) is -2.94. The van der Waals surface area contributed by atoms with E-state index in [1.165, 1.54) is 6.92 Å². The van der Waals surface area contributed by atoms with E-state index < -0.39 is 23.4 Å². The number of nitrogens with zero attached hydrogens (tertiary/aromatic N) is 3. The summed E-state index contributed by atoms with van der Waals surface area (Å²) in [6.07, 6.45) is 1.22. The fourth-order valence-corrected chi connectivity index (χ4v) is 2.03. The molecule has 94 valence electrons. The van der Waals surface area contributed by atoms with Gasteiger partial charge in [-0.2, -0.15) is 5.10 Å². The third-order valence-corrected chi connectivity index (χ3v) is 2.95. The van der Waals surface area contributed by atoms with E-state index in [9.17, 15) is 18.9 Å². The van der Waals surface area contributed by atoms with Crippen molar-refractivity contribution in [3.05, 3.63) is 22.0 Å². The van der Waals surface area contributed by atoms with Crippen LogP contribution in [0.3, 0.4) is 0 Å². The molecule has 1 aliphatic rings. The fraction of sp³-hybridized carbons (Fsp3) is 0.667. The van der Waals surface area contributed by atoms with Gasteiger partial charge >= 0.3 is 5.69 Å². The summed E-state index contributed by atoms with van der Waals surface area (Å²) in [5.41, 5.74) is -0.0547. The molecular formula is C9H12F2N4O2. The van der Waals surface area contributed by atoms with Crippen LogP contribution in [0.25, 0.3) is 0 Å². The minimum Gasteiger partial charge on any atom is -0.311 e. The molecule has 6 nitrogen and oxygen atoms in total. The number of alkyl halides is 2. The summed E-state index contributed by atoms with van der Waals surface area (Å²) in [4.78, 5) is 10.0. The first kappa shape index (κ1) is 11.9. The van der Waals surface area contributed by atoms with E-state index in [1.54, 1.807) is 0 Å². The fourth-order valence-electron chi connectivity index (χ4n) is 2.03. The van der Waals surface area contributed by atoms with Gasteiger partial charge in [-0.15, -0.1) is 0 Å². The molecule has 0 bridgehead atoms. The molecule has 1 unspecified atom stereocenters. The Morgan fingerprint density at radius 1 is 1.71 bits per heavy atom. The maximum absolute atomic E-state index is 13.7. The van der Waals surface area contributed by atoms with Crippen molar-refractivity contribution in [2.24, 2.45) is 0 Å². The highest BCUT2D eigenvalue weighted by Crippen LogP contribution is 2.35. The van der Waals surface area contributed by atoms with Crippen molar-refractivity contribution < 1.29 is 13.7 Å². The third-order valence-electron chi connectivity index (χ3n) is 2.95. The van der Waals surface area contributed by atoms with Gasteiger partial charge in [0.25, 0.3) is 5.92 Å². The number of halogens is 2. The first-order valence-corrected chi connectivity index (χ1v) is 5.20. The highest BCUT2D eigenvalue weighted by molar-refractivity contribution is 5.32. The second-order valence-electron chi connectivity index (χ2n) is 4.06. The topological polar surface area (TPSA) is 73.0 Å². The standard InChI is InChI=1S/C9H12F2N4O2/c1-6-7(15(16)17)4-13-14(6)8-2-3-12-5-9(8,10)11/h4,8,12H,2-3,5H2,1H3. The van der Waals surface area contributed by atoms with Gasteiger partial charge in [0.2, 0.25) is 0 Å². The van der Waals surface area contributed by atoms with Gasteiger partial charge in [0.1, 0.15) is 17.9 Å². The van der Waals surface area contributed by atoms with Crippen LogP contribution in [0.5, 0.6) is 0 Å². The Kier molecular flexibility index (Phi) is 2.82. The normalized spacial score (nSPS) is 23.6. The first-order chi connectivity index (χ1) is 7.93. The lowest BCUT2D eigenvalue weighted by atomic mass is 10.0. The van der Waals surface area contributed by atoms with Crippen LogP contribution in [-0.4, -0.2) is 33.7 Å². The van der Waals surface area contributed by atoms with Crippen molar-refractivity contribution in [2.45, 2.75) is 25.3 Å². The van der Waals surface area contributed by atoms with Gasteiger partial charge in [-0.05, 0) is 19.9 Å². The van der Waals surface area contributed by atoms with Gasteiger partial charge in [-0.3, -0.25) is 14.8 Å². The number of hydrogen-bond acceptors (Lipinski definition) is 4. The molecule has 8 heteroatoms. The molecule has 0 radical (unpaired) electrons. The van der Waals surface area contributed by atoms with Crippen LogP contribution < -0.4 is 5.32 Å². The van der Waals surface area contributed by atoms with Crippen LogP contribution in [0, 0.1) is 17.0 Å². The predicted octanol–water partition coefficient (Wildman–Crippen LogP) is 1.27. The van der Waals surface area contributed by atoms with Gasteiger partial charge < -0.3 is 5.32 Å². The molecule has 1 N–H and O–H groups in total. The molecular weight excluding hydrogens is 234 g/mol. The minimum atomic E-state index is -2.94. The van der Waals surface area contributed by atoms with E-state index in [0.29, 0.717) is 6.54 Å². The Balaban J connectivity index is 2.36. The van der Waals surface area contributed by atoms with Gasteiger partial charge in [0, 0.05) is 0 Å². The SMILES string of the molecule is Cc1c([N+](=O)[O-])cnn1C1CCNCC1(F)F. The molecule has 1 aromatic heterocycles. The average molecular weight is 246 g/mol. The number of hydrogen-bond donors (Lipinski definition) is 1. The van der Waals surface area contributed by atoms with Crippen molar-refractivity contribution in [1.82, 2.24) is 15.1 Å². The molecule has 0 aromatic carbocycles. The zero-order chi connectivity index (χ0) is 12.6. The maximum Gasteiger partial charge on any atom is 0.309 e. The van der Waals surface area contributed by atoms with Crippen molar-refractivity contribution in [3.8, 4) is 0 Å². The summed E-state index contributed by atoms with van der Waals surface area (Å²) in [6, 6.07) is -1.11. The highest BCUT2D eigenvalue weighted by atomic mass is 19.3. The van der Waals surface area contributed by atoms with E-state index in [4.69, 9.17) is 0 Å². The van der Waals surface area contributed by atoms with Crippen molar-refractivity contribution >= 4 is 5.69 Å². The molecule has 1 aliphatic heterocycles. The first-order valence-electron chi connectivity index (χ1n) is 5.20. The number of piperidine rings is 1. The monoisotopic (exact) mass is 246 g/mol. The number of aromatic nitrogens is 2. The van der Waals surface area contributed by atoms with E-state index in [-0.39, 0.29) is 17.8 Å². The van der Waals surface area contributed by atoms with Gasteiger partial charge in [-0.25, -0.2) is 8.78 Å². The lowest BCUT2D eigenvalue weighted by Crippen LogP contribution is -2.47. The van der Waals surface area contributed by atoms with Crippen LogP contribution in [0.15, 0.2) is 6.20 Å². The smallest absolute Gasteiger partial charge is 0.309 e. The van der Waals surface area contributed by atoms with E-state index in [1.807, 2.05) is 0 Å². The second-order valence-corrected chi connectivity index (χ2v) is 4.06. The van der Waals surface area contributed by atoms with Crippen molar-refractivity contribution in [1.29, 1.82) is 0 Å². The number of rotatable bonds is 2. The van der Waals surface area contributed by atoms with E-state index in [0.717, 1.165) is 10.9 Å². The lowest BCUT2D eigenvalue weighted by Gasteiger charge is -2.32. The molecule has 0 spiro atoms. The van der Waals surface area contributed by atoms with Crippen molar-refractivity contribution in [3.63, 3.8) is 0 Å². The van der Waals surface area contributed by atoms with E-state index >= 15 is 0 Å². The second kappa shape index (κ2) is 4.02. The molecule has 2 heterocycles. The highest BCUT2D eigenvalue weighted by Gasteiger charge is 2.44. The number of nitro groups is 1. The largest absolute Gasteiger partial charge is 0.311 e. The lowest BCUT2D eigenvalue weighted by molar-refractivity contribution is -0.385. The van der Waals surface area contributed by atoms with E-state index in [2.05, 4.69) is 10.4 Å². The van der Waals surface area contributed by atoms with Crippen LogP contribution >= 0.6 is 0 Å². The summed E-state index contributed by atoms with van der Waals surface area (Å²) in [6.45, 7) is 1.46. The molecule has 0 saturated carbocycles. The summed E-state index contributed by atoms with van der Waals surface area (Å²) in [7, 11) is 0. The number of nitrogens with one attached hydrogen (secondary N) is 1. The Hall–Kier alpha value is -1.57. The van der Waals surface area contributed by atoms with Gasteiger partial charge in [-0.1, -0.05) is 0 Å². The Morgan fingerprint density at radius 2 is 2.41 bits per heavy atom. The molecule has 1 atom stereocenters. The zero-order valence-corrected chi connectivity index (χ0v) is 9.19. The summed E-state index contributed by atoms with van der Waals surface area (Å²) in [5, 5.41) is 17.0. The molecule has 1 fully saturated rings. The Bertz CT molecular complexity index is 446. The predicted molar refractivity (Wildman–Crippen MR) is 55.1 cm³/mol. The minimum absolute atomic E-state index is 0.168. The van der Waals surface area contributed by atoms with Crippen molar-refractivity contribution in [2.75, 3.05) is 13.1 Å². The third kappa shape index (κ3) is 1.99. The van der Waals surface area contributed by atoms with Crippen LogP contribution in [0.1, 0.15) is 18.2 Å². The molecule has 0 aliphatic carbocycles. The summed E-state index contributed by atoms with van der Waals surface area (Å²) >= 11 is 0. The molecule has 1 saturated heterocycles. The molecule has 17 heavy (non-hydrogen) atoms. The van der Waals surface area contributed by atoms with Crippen LogP contribution in [0.2, 0.25) is 0 Å². The molecule has 1 aromatic rings. The van der Waals surface area contributed by atoms with Gasteiger partial charge in [0.05, 0.1) is 11.5 Å². The van der Waals surface area contributed by atoms with Crippen LogP contribution in [0.4, 0.5) is 14.5 Å². The Labute approximate surface area is 95.8 Å². The summed E-state index contributed by atoms with van der Waals surface area (Å²) < 4.78 is 28.4. The molecule has 0 amide bonds. The molecule has 2 rings (SSSR count). The maximum atomic E-state index is 13.7. The Morgan fingerprint density at radius 3 is 2.94 bits per heavy atom. The van der Waals surface area contributed by atoms with Gasteiger partial charge in [0.15, 0.2) is 0 Å².